The number of nitrogens with zero attached hydrogens (tertiary/aromatic N) is 2. The van der Waals surface area contributed by atoms with Crippen molar-refractivity contribution in [1.29, 1.82) is 0 Å². The highest BCUT2D eigenvalue weighted by atomic mass is 79.9. The summed E-state index contributed by atoms with van der Waals surface area (Å²) >= 11 is 3.54. The Morgan fingerprint density at radius 2 is 1.71 bits per heavy atom. The first-order valence-corrected chi connectivity index (χ1v) is 8.07. The molecule has 0 aliphatic carbocycles. The van der Waals surface area contributed by atoms with Gasteiger partial charge < -0.3 is 10.6 Å². The van der Waals surface area contributed by atoms with Crippen LogP contribution in [0, 0.1) is 0 Å². The van der Waals surface area contributed by atoms with Gasteiger partial charge in [0.2, 0.25) is 0 Å². The lowest BCUT2D eigenvalue weighted by molar-refractivity contribution is 0.250. The van der Waals surface area contributed by atoms with E-state index in [1.54, 1.807) is 0 Å². The summed E-state index contributed by atoms with van der Waals surface area (Å²) in [6.07, 6.45) is 0. The SMILES string of the molecule is Nc1cccc(N2CCN(Cc3cccc(Br)c3)CC2)c1. The standard InChI is InChI=1S/C17H20BrN3/c18-15-4-1-3-14(11-15)13-20-7-9-21(10-8-20)17-6-2-5-16(19)12-17/h1-6,11-12H,7-10,13,19H2. The van der Waals surface area contributed by atoms with Crippen LogP contribution in [0.25, 0.3) is 0 Å². The molecule has 2 N–H and O–H groups in total. The molecular formula is C17H20BrN3. The largest absolute Gasteiger partial charge is 0.399 e. The monoisotopic (exact) mass is 345 g/mol. The van der Waals surface area contributed by atoms with E-state index < -0.39 is 0 Å². The molecule has 4 heteroatoms. The van der Waals surface area contributed by atoms with Crippen molar-refractivity contribution in [2.45, 2.75) is 6.54 Å². The molecule has 1 aliphatic rings. The van der Waals surface area contributed by atoms with Crippen molar-refractivity contribution in [3.05, 3.63) is 58.6 Å². The lowest BCUT2D eigenvalue weighted by Gasteiger charge is -2.36. The number of halogens is 1. The van der Waals surface area contributed by atoms with Gasteiger partial charge in [-0.1, -0.05) is 34.1 Å². The maximum absolute atomic E-state index is 5.87. The molecule has 0 unspecified atom stereocenters. The maximum Gasteiger partial charge on any atom is 0.0387 e. The van der Waals surface area contributed by atoms with Crippen molar-refractivity contribution in [2.24, 2.45) is 0 Å². The minimum atomic E-state index is 0.837. The molecule has 0 saturated carbocycles. The lowest BCUT2D eigenvalue weighted by atomic mass is 10.2. The van der Waals surface area contributed by atoms with Crippen LogP contribution in [0.5, 0.6) is 0 Å². The van der Waals surface area contributed by atoms with Crippen LogP contribution in [0.15, 0.2) is 53.0 Å². The molecule has 0 spiro atoms. The van der Waals surface area contributed by atoms with E-state index in [-0.39, 0.29) is 0 Å². The van der Waals surface area contributed by atoms with Crippen molar-refractivity contribution in [3.8, 4) is 0 Å². The van der Waals surface area contributed by atoms with E-state index in [0.29, 0.717) is 0 Å². The summed E-state index contributed by atoms with van der Waals surface area (Å²) in [6.45, 7) is 5.29. The van der Waals surface area contributed by atoms with E-state index in [4.69, 9.17) is 5.73 Å². The molecule has 1 aliphatic heterocycles. The molecule has 0 radical (unpaired) electrons. The Labute approximate surface area is 134 Å². The number of piperazine rings is 1. The summed E-state index contributed by atoms with van der Waals surface area (Å²) in [5.74, 6) is 0. The zero-order chi connectivity index (χ0) is 14.7. The fourth-order valence-electron chi connectivity index (χ4n) is 2.78. The number of anilines is 2. The lowest BCUT2D eigenvalue weighted by Crippen LogP contribution is -2.45. The van der Waals surface area contributed by atoms with Crippen LogP contribution < -0.4 is 10.6 Å². The normalized spacial score (nSPS) is 16.1. The van der Waals surface area contributed by atoms with Crippen LogP contribution >= 0.6 is 15.9 Å². The molecule has 1 heterocycles. The third-order valence-electron chi connectivity index (χ3n) is 3.90. The van der Waals surface area contributed by atoms with Gasteiger partial charge in [0.05, 0.1) is 0 Å². The maximum atomic E-state index is 5.87. The van der Waals surface area contributed by atoms with Gasteiger partial charge in [-0.3, -0.25) is 4.90 Å². The molecule has 21 heavy (non-hydrogen) atoms. The van der Waals surface area contributed by atoms with E-state index in [0.717, 1.165) is 42.9 Å². The molecule has 0 bridgehead atoms. The van der Waals surface area contributed by atoms with Gasteiger partial charge in [0, 0.05) is 48.6 Å². The number of hydrogen-bond donors (Lipinski definition) is 1. The molecule has 0 atom stereocenters. The average molecular weight is 346 g/mol. The van der Waals surface area contributed by atoms with E-state index in [2.05, 4.69) is 62.1 Å². The molecule has 3 nitrogen and oxygen atoms in total. The third kappa shape index (κ3) is 3.77. The summed E-state index contributed by atoms with van der Waals surface area (Å²) in [5, 5.41) is 0. The number of benzene rings is 2. The second-order valence-corrected chi connectivity index (χ2v) is 6.40. The number of nitrogens with two attached hydrogens (primary N) is 1. The van der Waals surface area contributed by atoms with Crippen molar-refractivity contribution < 1.29 is 0 Å². The van der Waals surface area contributed by atoms with Crippen LogP contribution in [0.1, 0.15) is 5.56 Å². The van der Waals surface area contributed by atoms with Gasteiger partial charge in [-0.25, -0.2) is 0 Å². The Morgan fingerprint density at radius 3 is 2.43 bits per heavy atom. The Balaban J connectivity index is 1.58. The van der Waals surface area contributed by atoms with E-state index >= 15 is 0 Å². The highest BCUT2D eigenvalue weighted by Gasteiger charge is 2.17. The van der Waals surface area contributed by atoms with E-state index in [1.165, 1.54) is 11.3 Å². The van der Waals surface area contributed by atoms with Crippen molar-refractivity contribution in [1.82, 2.24) is 4.90 Å². The average Bonchev–Trinajstić information content (AvgIpc) is 2.48. The first kappa shape index (κ1) is 14.4. The zero-order valence-electron chi connectivity index (χ0n) is 12.0. The van der Waals surface area contributed by atoms with Gasteiger partial charge in [-0.2, -0.15) is 0 Å². The molecule has 1 fully saturated rings. The predicted octanol–water partition coefficient (Wildman–Crippen LogP) is 3.35. The molecular weight excluding hydrogens is 326 g/mol. The van der Waals surface area contributed by atoms with Crippen LogP contribution in [0.4, 0.5) is 11.4 Å². The Kier molecular flexibility index (Phi) is 4.46. The second-order valence-electron chi connectivity index (χ2n) is 5.49. The highest BCUT2D eigenvalue weighted by molar-refractivity contribution is 9.10. The fraction of sp³-hybridized carbons (Fsp3) is 0.294. The molecule has 110 valence electrons. The third-order valence-corrected chi connectivity index (χ3v) is 4.40. The Morgan fingerprint density at radius 1 is 0.952 bits per heavy atom. The molecule has 2 aromatic rings. The van der Waals surface area contributed by atoms with Gasteiger partial charge >= 0.3 is 0 Å². The summed E-state index contributed by atoms with van der Waals surface area (Å²) in [4.78, 5) is 4.92. The smallest absolute Gasteiger partial charge is 0.0387 e. The summed E-state index contributed by atoms with van der Waals surface area (Å²) in [7, 11) is 0. The number of hydrogen-bond acceptors (Lipinski definition) is 3. The van der Waals surface area contributed by atoms with Crippen LogP contribution in [-0.4, -0.2) is 31.1 Å². The predicted molar refractivity (Wildman–Crippen MR) is 92.5 cm³/mol. The summed E-state index contributed by atoms with van der Waals surface area (Å²) in [5.41, 5.74) is 9.30. The first-order chi connectivity index (χ1) is 10.2. The molecule has 3 rings (SSSR count). The molecule has 0 amide bonds. The van der Waals surface area contributed by atoms with Gasteiger partial charge in [0.25, 0.3) is 0 Å². The van der Waals surface area contributed by atoms with Crippen molar-refractivity contribution in [3.63, 3.8) is 0 Å². The van der Waals surface area contributed by atoms with Crippen LogP contribution in [-0.2, 0) is 6.54 Å². The molecule has 0 aromatic heterocycles. The van der Waals surface area contributed by atoms with Crippen molar-refractivity contribution in [2.75, 3.05) is 36.8 Å². The Hall–Kier alpha value is -1.52. The first-order valence-electron chi connectivity index (χ1n) is 7.28. The van der Waals surface area contributed by atoms with Gasteiger partial charge in [0.1, 0.15) is 0 Å². The minimum Gasteiger partial charge on any atom is -0.399 e. The van der Waals surface area contributed by atoms with Crippen LogP contribution in [0.3, 0.4) is 0 Å². The minimum absolute atomic E-state index is 0.837. The fourth-order valence-corrected chi connectivity index (χ4v) is 3.23. The molecule has 1 saturated heterocycles. The summed E-state index contributed by atoms with van der Waals surface area (Å²) in [6, 6.07) is 16.7. The second kappa shape index (κ2) is 6.50. The van der Waals surface area contributed by atoms with Gasteiger partial charge in [0.15, 0.2) is 0 Å². The molecule has 2 aromatic carbocycles. The zero-order valence-corrected chi connectivity index (χ0v) is 13.6. The summed E-state index contributed by atoms with van der Waals surface area (Å²) < 4.78 is 1.15. The van der Waals surface area contributed by atoms with E-state index in [1.807, 2.05) is 12.1 Å². The van der Waals surface area contributed by atoms with E-state index in [9.17, 15) is 0 Å². The van der Waals surface area contributed by atoms with Crippen LogP contribution in [0.2, 0.25) is 0 Å². The van der Waals surface area contributed by atoms with Crippen molar-refractivity contribution >= 4 is 27.3 Å². The Bertz CT molecular complexity index is 606. The quantitative estimate of drug-likeness (QED) is 0.865. The number of rotatable bonds is 3. The number of nitrogen functional groups attached to an aromatic ring is 1. The highest BCUT2D eigenvalue weighted by Crippen LogP contribution is 2.20. The van der Waals surface area contributed by atoms with Gasteiger partial charge in [-0.15, -0.1) is 0 Å². The topological polar surface area (TPSA) is 32.5 Å². The van der Waals surface area contributed by atoms with Gasteiger partial charge in [-0.05, 0) is 35.9 Å².